The Balaban J connectivity index is 2.26. The third kappa shape index (κ3) is 1.49. The Morgan fingerprint density at radius 3 is 2.50 bits per heavy atom. The van der Waals surface area contributed by atoms with E-state index in [2.05, 4.69) is 28.1 Å². The number of hydrogen-bond donors (Lipinski definition) is 2. The van der Waals surface area contributed by atoms with Crippen LogP contribution in [-0.4, -0.2) is 18.3 Å². The molecule has 2 atom stereocenters. The van der Waals surface area contributed by atoms with Crippen molar-refractivity contribution in [3.05, 3.63) is 34.3 Å². The lowest BCUT2D eigenvalue weighted by Crippen LogP contribution is -2.23. The summed E-state index contributed by atoms with van der Waals surface area (Å²) in [6.45, 7) is 0.868. The van der Waals surface area contributed by atoms with Crippen molar-refractivity contribution in [2.75, 3.05) is 13.2 Å². The Hall–Kier alpha value is -0.380. The summed E-state index contributed by atoms with van der Waals surface area (Å²) in [6.07, 6.45) is 1.02. The predicted octanol–water partition coefficient (Wildman–Crippen LogP) is 1.66. The van der Waals surface area contributed by atoms with Crippen molar-refractivity contribution >= 4 is 15.9 Å². The summed E-state index contributed by atoms with van der Waals surface area (Å²) in [4.78, 5) is 0. The molecule has 76 valence electrons. The van der Waals surface area contributed by atoms with Gasteiger partial charge in [-0.2, -0.15) is 0 Å². The van der Waals surface area contributed by atoms with E-state index in [1.165, 1.54) is 5.56 Å². The van der Waals surface area contributed by atoms with Gasteiger partial charge in [0.15, 0.2) is 0 Å². The van der Waals surface area contributed by atoms with E-state index in [1.54, 1.807) is 0 Å². The Labute approximate surface area is 92.3 Å². The standard InChI is InChI=1S/C11H14BrNO/c12-10-3-1-8(2-4-10)11(7-13)5-9(11)6-14/h1-4,9,14H,5-7,13H2/t9-,11-/m1/s1. The minimum atomic E-state index is 0.0510. The Kier molecular flexibility index (Phi) is 2.64. The summed E-state index contributed by atoms with van der Waals surface area (Å²) in [7, 11) is 0. The zero-order valence-corrected chi connectivity index (χ0v) is 9.50. The van der Waals surface area contributed by atoms with Crippen LogP contribution < -0.4 is 5.73 Å². The molecule has 2 rings (SSSR count). The van der Waals surface area contributed by atoms with E-state index in [1.807, 2.05) is 12.1 Å². The molecule has 0 spiro atoms. The molecule has 14 heavy (non-hydrogen) atoms. The lowest BCUT2D eigenvalue weighted by atomic mass is 9.93. The van der Waals surface area contributed by atoms with Gasteiger partial charge in [0.25, 0.3) is 0 Å². The predicted molar refractivity (Wildman–Crippen MR) is 60.1 cm³/mol. The summed E-state index contributed by atoms with van der Waals surface area (Å²) < 4.78 is 1.08. The van der Waals surface area contributed by atoms with Crippen LogP contribution in [-0.2, 0) is 5.41 Å². The highest BCUT2D eigenvalue weighted by atomic mass is 79.9. The van der Waals surface area contributed by atoms with Crippen LogP contribution in [0, 0.1) is 5.92 Å². The number of nitrogens with two attached hydrogens (primary N) is 1. The third-order valence-corrected chi connectivity index (χ3v) is 3.76. The van der Waals surface area contributed by atoms with E-state index in [4.69, 9.17) is 10.8 Å². The van der Waals surface area contributed by atoms with Gasteiger partial charge in [-0.3, -0.25) is 0 Å². The monoisotopic (exact) mass is 255 g/mol. The smallest absolute Gasteiger partial charge is 0.0468 e. The fraction of sp³-hybridized carbons (Fsp3) is 0.455. The van der Waals surface area contributed by atoms with Gasteiger partial charge in [0.2, 0.25) is 0 Å². The number of hydrogen-bond acceptors (Lipinski definition) is 2. The second kappa shape index (κ2) is 3.65. The zero-order valence-electron chi connectivity index (χ0n) is 7.91. The summed E-state index contributed by atoms with van der Waals surface area (Å²) in [5.74, 6) is 0.355. The van der Waals surface area contributed by atoms with Gasteiger partial charge in [0, 0.05) is 23.0 Å². The molecule has 0 heterocycles. The molecular weight excluding hydrogens is 242 g/mol. The molecule has 1 aromatic rings. The van der Waals surface area contributed by atoms with Crippen molar-refractivity contribution in [3.8, 4) is 0 Å². The fourth-order valence-corrected chi connectivity index (χ4v) is 2.39. The first-order chi connectivity index (χ1) is 6.73. The molecule has 0 amide bonds. The summed E-state index contributed by atoms with van der Waals surface area (Å²) in [5.41, 5.74) is 7.09. The fourth-order valence-electron chi connectivity index (χ4n) is 2.12. The van der Waals surface area contributed by atoms with Gasteiger partial charge in [0.05, 0.1) is 0 Å². The zero-order chi connectivity index (χ0) is 10.2. The molecule has 3 N–H and O–H groups in total. The summed E-state index contributed by atoms with van der Waals surface area (Å²) in [6, 6.07) is 8.23. The molecule has 1 saturated carbocycles. The van der Waals surface area contributed by atoms with Gasteiger partial charge < -0.3 is 10.8 Å². The molecule has 2 nitrogen and oxygen atoms in total. The SMILES string of the molecule is NC[C@@]1(c2ccc(Br)cc2)C[C@@H]1CO. The highest BCUT2D eigenvalue weighted by Gasteiger charge is 2.53. The van der Waals surface area contributed by atoms with E-state index in [9.17, 15) is 0 Å². The highest BCUT2D eigenvalue weighted by molar-refractivity contribution is 9.10. The minimum Gasteiger partial charge on any atom is -0.396 e. The second-order valence-electron chi connectivity index (χ2n) is 3.95. The largest absolute Gasteiger partial charge is 0.396 e. The van der Waals surface area contributed by atoms with Crippen LogP contribution >= 0.6 is 15.9 Å². The van der Waals surface area contributed by atoms with Crippen LogP contribution in [0.5, 0.6) is 0 Å². The highest BCUT2D eigenvalue weighted by Crippen LogP contribution is 2.53. The molecule has 0 unspecified atom stereocenters. The first-order valence-electron chi connectivity index (χ1n) is 4.80. The Morgan fingerprint density at radius 2 is 2.07 bits per heavy atom. The molecule has 0 saturated heterocycles. The Bertz CT molecular complexity index is 325. The molecule has 1 aliphatic rings. The van der Waals surface area contributed by atoms with Gasteiger partial charge in [-0.05, 0) is 30.0 Å². The molecule has 0 radical (unpaired) electrons. The van der Waals surface area contributed by atoms with Gasteiger partial charge in [-0.1, -0.05) is 28.1 Å². The molecular formula is C11H14BrNO. The maximum absolute atomic E-state index is 9.12. The number of benzene rings is 1. The Morgan fingerprint density at radius 1 is 1.43 bits per heavy atom. The van der Waals surface area contributed by atoms with Crippen molar-refractivity contribution < 1.29 is 5.11 Å². The van der Waals surface area contributed by atoms with Crippen molar-refractivity contribution in [2.45, 2.75) is 11.8 Å². The van der Waals surface area contributed by atoms with Gasteiger partial charge in [-0.25, -0.2) is 0 Å². The molecule has 1 fully saturated rings. The summed E-state index contributed by atoms with van der Waals surface area (Å²) in [5, 5.41) is 9.12. The van der Waals surface area contributed by atoms with Crippen LogP contribution in [0.25, 0.3) is 0 Å². The molecule has 3 heteroatoms. The van der Waals surface area contributed by atoms with Crippen LogP contribution in [0.15, 0.2) is 28.7 Å². The molecule has 1 aromatic carbocycles. The average Bonchev–Trinajstić information content (AvgIpc) is 2.94. The molecule has 0 aromatic heterocycles. The quantitative estimate of drug-likeness (QED) is 0.863. The van der Waals surface area contributed by atoms with E-state index >= 15 is 0 Å². The van der Waals surface area contributed by atoms with Crippen molar-refractivity contribution in [1.82, 2.24) is 0 Å². The maximum Gasteiger partial charge on any atom is 0.0468 e. The maximum atomic E-state index is 9.12. The van der Waals surface area contributed by atoms with Gasteiger partial charge >= 0.3 is 0 Å². The van der Waals surface area contributed by atoms with E-state index in [0.717, 1.165) is 10.9 Å². The lowest BCUT2D eigenvalue weighted by molar-refractivity contribution is 0.264. The topological polar surface area (TPSA) is 46.2 Å². The number of aliphatic hydroxyl groups excluding tert-OH is 1. The normalized spacial score (nSPS) is 30.4. The lowest BCUT2D eigenvalue weighted by Gasteiger charge is -2.14. The molecule has 0 aliphatic heterocycles. The molecule has 1 aliphatic carbocycles. The van der Waals surface area contributed by atoms with Crippen molar-refractivity contribution in [1.29, 1.82) is 0 Å². The van der Waals surface area contributed by atoms with Crippen LogP contribution in [0.1, 0.15) is 12.0 Å². The third-order valence-electron chi connectivity index (χ3n) is 3.24. The van der Waals surface area contributed by atoms with Crippen molar-refractivity contribution in [3.63, 3.8) is 0 Å². The van der Waals surface area contributed by atoms with Crippen LogP contribution in [0.2, 0.25) is 0 Å². The second-order valence-corrected chi connectivity index (χ2v) is 4.87. The first kappa shape index (κ1) is 10.1. The first-order valence-corrected chi connectivity index (χ1v) is 5.59. The van der Waals surface area contributed by atoms with E-state index < -0.39 is 0 Å². The summed E-state index contributed by atoms with van der Waals surface area (Å²) >= 11 is 3.41. The number of rotatable bonds is 3. The van der Waals surface area contributed by atoms with Crippen LogP contribution in [0.3, 0.4) is 0 Å². The van der Waals surface area contributed by atoms with Crippen LogP contribution in [0.4, 0.5) is 0 Å². The number of aliphatic hydroxyl groups is 1. The molecule has 0 bridgehead atoms. The van der Waals surface area contributed by atoms with E-state index in [0.29, 0.717) is 12.5 Å². The average molecular weight is 256 g/mol. The van der Waals surface area contributed by atoms with Crippen molar-refractivity contribution in [2.24, 2.45) is 11.7 Å². The number of halogens is 1. The van der Waals surface area contributed by atoms with Gasteiger partial charge in [0.1, 0.15) is 0 Å². The van der Waals surface area contributed by atoms with E-state index in [-0.39, 0.29) is 12.0 Å². The van der Waals surface area contributed by atoms with Gasteiger partial charge in [-0.15, -0.1) is 0 Å². The minimum absolute atomic E-state index is 0.0510.